The fraction of sp³-hybridized carbons (Fsp3) is 0.455. The van der Waals surface area contributed by atoms with Gasteiger partial charge in [0.25, 0.3) is 0 Å². The molecular formula is C22H29N3O2. The third kappa shape index (κ3) is 4.86. The van der Waals surface area contributed by atoms with Crippen molar-refractivity contribution < 1.29 is 9.53 Å². The van der Waals surface area contributed by atoms with Crippen LogP contribution in [0, 0.1) is 13.8 Å². The standard InChI is InChI=1S/C22H29N3O2/c1-4-27-22(26)25-12-9-20(10-13-25)24-21(19-6-5-11-23-15-19)18-8-7-16(2)17(3)14-18/h5-8,11,14-15,20-21,24H,4,9-10,12-13H2,1-3H3/t21-/m0/s1. The minimum atomic E-state index is -0.200. The first-order valence-corrected chi connectivity index (χ1v) is 9.73. The number of hydrogen-bond donors (Lipinski definition) is 1. The third-order valence-electron chi connectivity index (χ3n) is 5.31. The van der Waals surface area contributed by atoms with Crippen LogP contribution in [0.3, 0.4) is 0 Å². The first-order valence-electron chi connectivity index (χ1n) is 9.73. The molecule has 1 atom stereocenters. The maximum absolute atomic E-state index is 11.9. The van der Waals surface area contributed by atoms with E-state index < -0.39 is 0 Å². The van der Waals surface area contributed by atoms with Crippen molar-refractivity contribution in [2.75, 3.05) is 19.7 Å². The summed E-state index contributed by atoms with van der Waals surface area (Å²) in [5.74, 6) is 0. The van der Waals surface area contributed by atoms with Crippen molar-refractivity contribution in [3.05, 3.63) is 65.0 Å². The molecule has 5 nitrogen and oxygen atoms in total. The second-order valence-electron chi connectivity index (χ2n) is 7.19. The van der Waals surface area contributed by atoms with Crippen LogP contribution in [0.4, 0.5) is 4.79 Å². The zero-order chi connectivity index (χ0) is 19.2. The molecule has 1 N–H and O–H groups in total. The number of nitrogens with one attached hydrogen (secondary N) is 1. The molecule has 1 saturated heterocycles. The summed E-state index contributed by atoms with van der Waals surface area (Å²) in [5, 5.41) is 3.81. The lowest BCUT2D eigenvalue weighted by Crippen LogP contribution is -2.46. The van der Waals surface area contributed by atoms with E-state index in [1.165, 1.54) is 16.7 Å². The Kier molecular flexibility index (Phi) is 6.45. The fourth-order valence-corrected chi connectivity index (χ4v) is 3.55. The summed E-state index contributed by atoms with van der Waals surface area (Å²) in [6.07, 6.45) is 5.37. The van der Waals surface area contributed by atoms with Gasteiger partial charge >= 0.3 is 6.09 Å². The maximum Gasteiger partial charge on any atom is 0.409 e. The van der Waals surface area contributed by atoms with Crippen molar-refractivity contribution in [3.63, 3.8) is 0 Å². The highest BCUT2D eigenvalue weighted by molar-refractivity contribution is 5.67. The number of likely N-dealkylation sites (tertiary alicyclic amines) is 1. The summed E-state index contributed by atoms with van der Waals surface area (Å²) in [7, 11) is 0. The van der Waals surface area contributed by atoms with E-state index in [0.29, 0.717) is 12.6 Å². The van der Waals surface area contributed by atoms with E-state index in [1.807, 2.05) is 19.2 Å². The Morgan fingerprint density at radius 3 is 2.63 bits per heavy atom. The highest BCUT2D eigenvalue weighted by Crippen LogP contribution is 2.26. The zero-order valence-electron chi connectivity index (χ0n) is 16.4. The van der Waals surface area contributed by atoms with E-state index in [2.05, 4.69) is 48.4 Å². The Labute approximate surface area is 161 Å². The van der Waals surface area contributed by atoms with Crippen LogP contribution in [-0.2, 0) is 4.74 Å². The predicted molar refractivity (Wildman–Crippen MR) is 107 cm³/mol. The second kappa shape index (κ2) is 9.00. The van der Waals surface area contributed by atoms with Gasteiger partial charge in [-0.05, 0) is 61.9 Å². The predicted octanol–water partition coefficient (Wildman–Crippen LogP) is 4.00. The van der Waals surface area contributed by atoms with E-state index in [4.69, 9.17) is 4.74 Å². The number of aromatic nitrogens is 1. The van der Waals surface area contributed by atoms with Gasteiger partial charge in [-0.2, -0.15) is 0 Å². The normalized spacial score (nSPS) is 16.2. The molecule has 3 rings (SSSR count). The van der Waals surface area contributed by atoms with Crippen molar-refractivity contribution in [1.82, 2.24) is 15.2 Å². The summed E-state index contributed by atoms with van der Waals surface area (Å²) in [6, 6.07) is 11.2. The molecule has 0 bridgehead atoms. The van der Waals surface area contributed by atoms with Gasteiger partial charge in [0.05, 0.1) is 12.6 Å². The molecule has 1 aliphatic rings. The molecule has 2 heterocycles. The number of carbonyl (C=O) groups is 1. The number of amides is 1. The number of ether oxygens (including phenoxy) is 1. The monoisotopic (exact) mass is 367 g/mol. The summed E-state index contributed by atoms with van der Waals surface area (Å²) in [6.45, 7) is 8.00. The maximum atomic E-state index is 11.9. The molecule has 1 aliphatic heterocycles. The van der Waals surface area contributed by atoms with E-state index in [9.17, 15) is 4.79 Å². The van der Waals surface area contributed by atoms with Crippen LogP contribution in [0.5, 0.6) is 0 Å². The van der Waals surface area contributed by atoms with Crippen molar-refractivity contribution in [1.29, 1.82) is 0 Å². The lowest BCUT2D eigenvalue weighted by atomic mass is 9.94. The van der Waals surface area contributed by atoms with Gasteiger partial charge in [-0.15, -0.1) is 0 Å². The third-order valence-corrected chi connectivity index (χ3v) is 5.31. The van der Waals surface area contributed by atoms with E-state index >= 15 is 0 Å². The largest absolute Gasteiger partial charge is 0.450 e. The number of nitrogens with zero attached hydrogens (tertiary/aromatic N) is 2. The fourth-order valence-electron chi connectivity index (χ4n) is 3.55. The molecule has 0 spiro atoms. The van der Waals surface area contributed by atoms with Crippen LogP contribution in [0.25, 0.3) is 0 Å². The Balaban J connectivity index is 1.73. The summed E-state index contributed by atoms with van der Waals surface area (Å²) in [4.78, 5) is 18.0. The number of benzene rings is 1. The van der Waals surface area contributed by atoms with Gasteiger partial charge in [-0.3, -0.25) is 4.98 Å². The van der Waals surface area contributed by atoms with Crippen molar-refractivity contribution in [2.45, 2.75) is 45.7 Å². The average Bonchev–Trinajstić information content (AvgIpc) is 2.70. The molecule has 0 unspecified atom stereocenters. The zero-order valence-corrected chi connectivity index (χ0v) is 16.4. The first kappa shape index (κ1) is 19.4. The van der Waals surface area contributed by atoms with Crippen molar-refractivity contribution >= 4 is 6.09 Å². The van der Waals surface area contributed by atoms with Gasteiger partial charge in [0.15, 0.2) is 0 Å². The molecule has 1 aromatic carbocycles. The first-order chi connectivity index (χ1) is 13.1. The van der Waals surface area contributed by atoms with Gasteiger partial charge in [0, 0.05) is 31.5 Å². The Bertz CT molecular complexity index is 755. The van der Waals surface area contributed by atoms with Crippen LogP contribution in [0.1, 0.15) is 48.1 Å². The number of piperidine rings is 1. The lowest BCUT2D eigenvalue weighted by molar-refractivity contribution is 0.0945. The molecular weight excluding hydrogens is 338 g/mol. The summed E-state index contributed by atoms with van der Waals surface area (Å²) >= 11 is 0. The van der Waals surface area contributed by atoms with Crippen molar-refractivity contribution in [3.8, 4) is 0 Å². The molecule has 5 heteroatoms. The lowest BCUT2D eigenvalue weighted by Gasteiger charge is -2.34. The SMILES string of the molecule is CCOC(=O)N1CCC(N[C@H](c2cccnc2)c2ccc(C)c(C)c2)CC1. The van der Waals surface area contributed by atoms with Crippen LogP contribution in [0.2, 0.25) is 0 Å². The van der Waals surface area contributed by atoms with E-state index in [-0.39, 0.29) is 12.1 Å². The molecule has 27 heavy (non-hydrogen) atoms. The highest BCUT2D eigenvalue weighted by atomic mass is 16.6. The molecule has 2 aromatic rings. The topological polar surface area (TPSA) is 54.5 Å². The van der Waals surface area contributed by atoms with Crippen LogP contribution >= 0.6 is 0 Å². The van der Waals surface area contributed by atoms with Gasteiger partial charge in [0.2, 0.25) is 0 Å². The van der Waals surface area contributed by atoms with Crippen LogP contribution < -0.4 is 5.32 Å². The molecule has 0 saturated carbocycles. The van der Waals surface area contributed by atoms with Crippen molar-refractivity contribution in [2.24, 2.45) is 0 Å². The molecule has 1 aromatic heterocycles. The second-order valence-corrected chi connectivity index (χ2v) is 7.19. The quantitative estimate of drug-likeness (QED) is 0.868. The number of pyridine rings is 1. The van der Waals surface area contributed by atoms with Gasteiger partial charge in [-0.25, -0.2) is 4.79 Å². The Morgan fingerprint density at radius 2 is 2.00 bits per heavy atom. The molecule has 0 radical (unpaired) electrons. The Morgan fingerprint density at radius 1 is 1.22 bits per heavy atom. The smallest absolute Gasteiger partial charge is 0.409 e. The summed E-state index contributed by atoms with van der Waals surface area (Å²) < 4.78 is 5.12. The minimum Gasteiger partial charge on any atom is -0.450 e. The molecule has 1 fully saturated rings. The number of rotatable bonds is 5. The highest BCUT2D eigenvalue weighted by Gasteiger charge is 2.26. The number of hydrogen-bond acceptors (Lipinski definition) is 4. The number of aryl methyl sites for hydroxylation is 2. The molecule has 144 valence electrons. The van der Waals surface area contributed by atoms with Crippen LogP contribution in [0.15, 0.2) is 42.7 Å². The van der Waals surface area contributed by atoms with Gasteiger partial charge < -0.3 is 15.0 Å². The van der Waals surface area contributed by atoms with E-state index in [1.54, 1.807) is 11.1 Å². The number of carbonyl (C=O) groups excluding carboxylic acids is 1. The molecule has 0 aliphatic carbocycles. The van der Waals surface area contributed by atoms with Gasteiger partial charge in [0.1, 0.15) is 0 Å². The average molecular weight is 367 g/mol. The van der Waals surface area contributed by atoms with Gasteiger partial charge in [-0.1, -0.05) is 24.3 Å². The minimum absolute atomic E-state index is 0.0946. The van der Waals surface area contributed by atoms with E-state index in [0.717, 1.165) is 31.5 Å². The molecule has 1 amide bonds. The Hall–Kier alpha value is -2.40. The summed E-state index contributed by atoms with van der Waals surface area (Å²) in [5.41, 5.74) is 5.00. The van der Waals surface area contributed by atoms with Crippen LogP contribution in [-0.4, -0.2) is 41.7 Å².